The fraction of sp³-hybridized carbons (Fsp3) is 0.250. The molecule has 0 spiro atoms. The molecule has 0 bridgehead atoms. The number of fused-ring (bicyclic) bond motifs is 1. The number of nitrogens with zero attached hydrogens (tertiary/aromatic N) is 1. The molecule has 6 nitrogen and oxygen atoms in total. The summed E-state index contributed by atoms with van der Waals surface area (Å²) in [6.07, 6.45) is 3.02. The van der Waals surface area contributed by atoms with Gasteiger partial charge in [0.25, 0.3) is 0 Å². The lowest BCUT2D eigenvalue weighted by Crippen LogP contribution is -2.42. The predicted octanol–water partition coefficient (Wildman–Crippen LogP) is 5.82. The number of piperidine rings is 1. The van der Waals surface area contributed by atoms with Gasteiger partial charge in [0.05, 0.1) is 4.90 Å². The molecule has 1 aliphatic rings. The van der Waals surface area contributed by atoms with E-state index in [0.717, 1.165) is 37.9 Å². The van der Waals surface area contributed by atoms with Crippen molar-refractivity contribution in [3.05, 3.63) is 77.9 Å². The van der Waals surface area contributed by atoms with Crippen molar-refractivity contribution in [2.45, 2.75) is 36.5 Å². The molecule has 0 amide bonds. The Bertz CT molecular complexity index is 1530. The van der Waals surface area contributed by atoms with Gasteiger partial charge in [-0.25, -0.2) is 8.42 Å². The van der Waals surface area contributed by atoms with Gasteiger partial charge in [-0.2, -0.15) is 0 Å². The number of aromatic hydroxyl groups is 2. The second-order valence-electron chi connectivity index (χ2n) is 9.10. The normalized spacial score (nSPS) is 15.7. The number of phenolic OH excluding ortho intramolecular Hbond substituents is 2. The Morgan fingerprint density at radius 3 is 2.31 bits per heavy atom. The SMILES string of the molecule is CC(N1CCCCC1)S(=O)(=O)c1ccccc1C(=O)c1c(-c2ccc(O)cc2)sc2cc(O)ccc12. The first-order valence-corrected chi connectivity index (χ1v) is 14.3. The summed E-state index contributed by atoms with van der Waals surface area (Å²) in [6.45, 7) is 3.15. The zero-order valence-corrected chi connectivity index (χ0v) is 21.5. The van der Waals surface area contributed by atoms with Crippen molar-refractivity contribution in [2.24, 2.45) is 0 Å². The first-order valence-electron chi connectivity index (χ1n) is 11.9. The number of benzene rings is 3. The number of ketones is 1. The molecule has 1 atom stereocenters. The van der Waals surface area contributed by atoms with Crippen LogP contribution in [0.3, 0.4) is 0 Å². The smallest absolute Gasteiger partial charge is 0.196 e. The Morgan fingerprint density at radius 2 is 1.58 bits per heavy atom. The lowest BCUT2D eigenvalue weighted by Gasteiger charge is -2.32. The number of carbonyl (C=O) groups is 1. The molecule has 2 N–H and O–H groups in total. The minimum absolute atomic E-state index is 0.0304. The summed E-state index contributed by atoms with van der Waals surface area (Å²) in [5.41, 5.74) is 1.24. The van der Waals surface area contributed by atoms with Crippen LogP contribution in [0.25, 0.3) is 20.5 Å². The highest BCUT2D eigenvalue weighted by Crippen LogP contribution is 2.42. The van der Waals surface area contributed by atoms with Gasteiger partial charge in [-0.05, 0) is 93.0 Å². The van der Waals surface area contributed by atoms with Crippen molar-refractivity contribution in [1.29, 1.82) is 0 Å². The van der Waals surface area contributed by atoms with Gasteiger partial charge in [0.15, 0.2) is 15.6 Å². The quantitative estimate of drug-likeness (QED) is 0.311. The van der Waals surface area contributed by atoms with Crippen LogP contribution in [0.1, 0.15) is 42.1 Å². The lowest BCUT2D eigenvalue weighted by atomic mass is 9.97. The highest BCUT2D eigenvalue weighted by atomic mass is 32.2. The fourth-order valence-electron chi connectivity index (χ4n) is 4.83. The van der Waals surface area contributed by atoms with E-state index in [2.05, 4.69) is 0 Å². The van der Waals surface area contributed by atoms with Crippen LogP contribution < -0.4 is 0 Å². The van der Waals surface area contributed by atoms with Gasteiger partial charge in [0.2, 0.25) is 0 Å². The van der Waals surface area contributed by atoms with E-state index in [0.29, 0.717) is 20.5 Å². The maximum atomic E-state index is 14.2. The molecule has 0 radical (unpaired) electrons. The van der Waals surface area contributed by atoms with E-state index in [1.807, 2.05) is 4.90 Å². The first-order chi connectivity index (χ1) is 17.3. The number of rotatable bonds is 6. The molecule has 1 aromatic heterocycles. The second kappa shape index (κ2) is 9.69. The van der Waals surface area contributed by atoms with Crippen LogP contribution in [-0.4, -0.2) is 47.8 Å². The summed E-state index contributed by atoms with van der Waals surface area (Å²) in [4.78, 5) is 16.8. The van der Waals surface area contributed by atoms with Crippen LogP contribution in [0.5, 0.6) is 11.5 Å². The van der Waals surface area contributed by atoms with Crippen LogP contribution >= 0.6 is 11.3 Å². The van der Waals surface area contributed by atoms with Crippen LogP contribution in [0.15, 0.2) is 71.6 Å². The molecule has 0 saturated carbocycles. The molecular formula is C28H27NO5S2. The summed E-state index contributed by atoms with van der Waals surface area (Å²) in [6, 6.07) is 17.8. The minimum atomic E-state index is -3.81. The summed E-state index contributed by atoms with van der Waals surface area (Å²) in [7, 11) is -3.81. The summed E-state index contributed by atoms with van der Waals surface area (Å²) >= 11 is 1.34. The fourth-order valence-corrected chi connectivity index (χ4v) is 7.77. The number of likely N-dealkylation sites (tertiary alicyclic amines) is 1. The van der Waals surface area contributed by atoms with Crippen LogP contribution in [0.4, 0.5) is 0 Å². The Kier molecular flexibility index (Phi) is 6.59. The van der Waals surface area contributed by atoms with E-state index in [4.69, 9.17) is 0 Å². The molecule has 3 aromatic carbocycles. The van der Waals surface area contributed by atoms with E-state index < -0.39 is 15.2 Å². The van der Waals surface area contributed by atoms with Gasteiger partial charge in [-0.3, -0.25) is 9.69 Å². The number of thiophene rings is 1. The van der Waals surface area contributed by atoms with Crippen molar-refractivity contribution < 1.29 is 23.4 Å². The average molecular weight is 522 g/mol. The van der Waals surface area contributed by atoms with E-state index in [1.54, 1.807) is 61.5 Å². The van der Waals surface area contributed by atoms with Crippen LogP contribution in [0.2, 0.25) is 0 Å². The highest BCUT2D eigenvalue weighted by molar-refractivity contribution is 7.92. The topological polar surface area (TPSA) is 94.9 Å². The van der Waals surface area contributed by atoms with Gasteiger partial charge < -0.3 is 10.2 Å². The van der Waals surface area contributed by atoms with Crippen LogP contribution in [0, 0.1) is 0 Å². The van der Waals surface area contributed by atoms with E-state index in [9.17, 15) is 23.4 Å². The molecule has 1 saturated heterocycles. The number of carbonyl (C=O) groups excluding carboxylic acids is 1. The number of hydrogen-bond acceptors (Lipinski definition) is 7. The highest BCUT2D eigenvalue weighted by Gasteiger charge is 2.34. The Hall–Kier alpha value is -3.20. The molecule has 186 valence electrons. The third kappa shape index (κ3) is 4.40. The molecule has 4 aromatic rings. The molecule has 1 aliphatic heterocycles. The number of phenols is 2. The summed E-state index contributed by atoms with van der Waals surface area (Å²) in [5, 5.41) is 19.7. The monoisotopic (exact) mass is 521 g/mol. The zero-order chi connectivity index (χ0) is 25.4. The molecule has 36 heavy (non-hydrogen) atoms. The van der Waals surface area contributed by atoms with Crippen LogP contribution in [-0.2, 0) is 9.84 Å². The minimum Gasteiger partial charge on any atom is -0.508 e. The summed E-state index contributed by atoms with van der Waals surface area (Å²) in [5.74, 6) is -0.202. The van der Waals surface area contributed by atoms with Crippen molar-refractivity contribution in [1.82, 2.24) is 4.90 Å². The third-order valence-electron chi connectivity index (χ3n) is 6.82. The van der Waals surface area contributed by atoms with Crippen molar-refractivity contribution in [2.75, 3.05) is 13.1 Å². The zero-order valence-electron chi connectivity index (χ0n) is 19.8. The van der Waals surface area contributed by atoms with E-state index in [-0.39, 0.29) is 27.7 Å². The maximum absolute atomic E-state index is 14.2. The molecule has 5 rings (SSSR count). The van der Waals surface area contributed by atoms with Crippen molar-refractivity contribution in [3.63, 3.8) is 0 Å². The Balaban J connectivity index is 1.66. The van der Waals surface area contributed by atoms with Crippen molar-refractivity contribution >= 4 is 37.0 Å². The van der Waals surface area contributed by atoms with E-state index in [1.165, 1.54) is 23.5 Å². The standard InChI is InChI=1S/C28H27NO5S2/c1-18(29-15-5-2-6-16-29)36(33,34)25-8-4-3-7-23(25)27(32)26-22-14-13-21(31)17-24(22)35-28(26)19-9-11-20(30)12-10-19/h3-4,7-14,17-18,30-31H,2,5-6,15-16H2,1H3. The van der Waals surface area contributed by atoms with Gasteiger partial charge in [0, 0.05) is 26.1 Å². The molecule has 1 fully saturated rings. The molecule has 8 heteroatoms. The van der Waals surface area contributed by atoms with Gasteiger partial charge >= 0.3 is 0 Å². The Morgan fingerprint density at radius 1 is 0.917 bits per heavy atom. The van der Waals surface area contributed by atoms with Gasteiger partial charge in [-0.1, -0.05) is 18.6 Å². The molecular weight excluding hydrogens is 494 g/mol. The van der Waals surface area contributed by atoms with Gasteiger partial charge in [-0.15, -0.1) is 11.3 Å². The maximum Gasteiger partial charge on any atom is 0.196 e. The average Bonchev–Trinajstić information content (AvgIpc) is 3.27. The second-order valence-corrected chi connectivity index (χ2v) is 12.4. The largest absolute Gasteiger partial charge is 0.508 e. The number of hydrogen-bond donors (Lipinski definition) is 2. The molecule has 1 unspecified atom stereocenters. The first kappa shape index (κ1) is 24.5. The predicted molar refractivity (Wildman–Crippen MR) is 143 cm³/mol. The molecule has 2 heterocycles. The lowest BCUT2D eigenvalue weighted by molar-refractivity contribution is 0.103. The van der Waals surface area contributed by atoms with Gasteiger partial charge in [0.1, 0.15) is 16.9 Å². The third-order valence-corrected chi connectivity index (χ3v) is 10.2. The summed E-state index contributed by atoms with van der Waals surface area (Å²) < 4.78 is 28.3. The Labute approximate surface area is 214 Å². The van der Waals surface area contributed by atoms with E-state index >= 15 is 0 Å². The number of sulfone groups is 1. The molecule has 0 aliphatic carbocycles. The van der Waals surface area contributed by atoms with Crippen molar-refractivity contribution in [3.8, 4) is 21.9 Å².